The van der Waals surface area contributed by atoms with Crippen LogP contribution in [0.4, 0.5) is 0 Å². The molecule has 224 valence electrons. The number of rotatable bonds is 13. The van der Waals surface area contributed by atoms with Gasteiger partial charge in [-0.15, -0.1) is 0 Å². The molecule has 44 heavy (non-hydrogen) atoms. The molecular weight excluding hydrogens is 560 g/mol. The minimum Gasteiger partial charge on any atom is -0.493 e. The highest BCUT2D eigenvalue weighted by Crippen LogP contribution is 2.31. The molecule has 1 aromatic heterocycles. The smallest absolute Gasteiger partial charge is 0.357 e. The van der Waals surface area contributed by atoms with Crippen LogP contribution in [0.3, 0.4) is 0 Å². The highest BCUT2D eigenvalue weighted by Gasteiger charge is 2.31. The van der Waals surface area contributed by atoms with Gasteiger partial charge in [0.25, 0.3) is 0 Å². The SMILES string of the molecule is COC(=O)c1c(-c2cccc(OCCCOc3ccc(OCc4ccccc4)cc3)c2)nn(-c2ccccc2)c1C(=O)OC. The van der Waals surface area contributed by atoms with Crippen molar-refractivity contribution >= 4 is 11.9 Å². The van der Waals surface area contributed by atoms with E-state index in [2.05, 4.69) is 5.10 Å². The van der Waals surface area contributed by atoms with Crippen LogP contribution < -0.4 is 14.2 Å². The van der Waals surface area contributed by atoms with Gasteiger partial charge >= 0.3 is 11.9 Å². The molecule has 5 aromatic rings. The lowest BCUT2D eigenvalue weighted by Gasteiger charge is -2.10. The zero-order chi connectivity index (χ0) is 30.7. The lowest BCUT2D eigenvalue weighted by atomic mass is 10.1. The van der Waals surface area contributed by atoms with Gasteiger partial charge in [-0.3, -0.25) is 0 Å². The predicted molar refractivity (Wildman–Crippen MR) is 165 cm³/mol. The number of para-hydroxylation sites is 1. The third-order valence-electron chi connectivity index (χ3n) is 6.66. The summed E-state index contributed by atoms with van der Waals surface area (Å²) < 4.78 is 29.1. The molecule has 0 N–H and O–H groups in total. The van der Waals surface area contributed by atoms with Gasteiger partial charge in [0.15, 0.2) is 5.69 Å². The Morgan fingerprint density at radius 2 is 1.27 bits per heavy atom. The van der Waals surface area contributed by atoms with Crippen molar-refractivity contribution in [1.29, 1.82) is 0 Å². The summed E-state index contributed by atoms with van der Waals surface area (Å²) in [6, 6.07) is 33.7. The molecule has 0 aliphatic carbocycles. The van der Waals surface area contributed by atoms with Crippen molar-refractivity contribution < 1.29 is 33.3 Å². The molecule has 5 rings (SSSR count). The minimum absolute atomic E-state index is 0.00485. The third-order valence-corrected chi connectivity index (χ3v) is 6.66. The first-order chi connectivity index (χ1) is 21.6. The molecule has 0 aliphatic heterocycles. The summed E-state index contributed by atoms with van der Waals surface area (Å²) in [5.74, 6) is 0.667. The van der Waals surface area contributed by atoms with Crippen molar-refractivity contribution in [2.45, 2.75) is 13.0 Å². The van der Waals surface area contributed by atoms with Crippen LogP contribution in [-0.4, -0.2) is 49.2 Å². The molecule has 0 radical (unpaired) electrons. The largest absolute Gasteiger partial charge is 0.493 e. The molecule has 0 saturated heterocycles. The molecular formula is C35H32N2O7. The molecule has 1 heterocycles. The lowest BCUT2D eigenvalue weighted by Crippen LogP contribution is -2.15. The first-order valence-corrected chi connectivity index (χ1v) is 14.0. The number of carbonyl (C=O) groups excluding carboxylic acids is 2. The number of esters is 2. The van der Waals surface area contributed by atoms with E-state index >= 15 is 0 Å². The second kappa shape index (κ2) is 14.6. The highest BCUT2D eigenvalue weighted by atomic mass is 16.5. The van der Waals surface area contributed by atoms with E-state index in [1.54, 1.807) is 30.3 Å². The van der Waals surface area contributed by atoms with E-state index in [0.29, 0.717) is 43.2 Å². The van der Waals surface area contributed by atoms with E-state index in [-0.39, 0.29) is 17.0 Å². The Kier molecular flexibility index (Phi) is 9.89. The van der Waals surface area contributed by atoms with Crippen molar-refractivity contribution in [2.75, 3.05) is 27.4 Å². The summed E-state index contributed by atoms with van der Waals surface area (Å²) >= 11 is 0. The molecule has 0 aliphatic rings. The number of ether oxygens (including phenoxy) is 5. The number of aromatic nitrogens is 2. The summed E-state index contributed by atoms with van der Waals surface area (Å²) in [5.41, 5.74) is 2.52. The van der Waals surface area contributed by atoms with Crippen molar-refractivity contribution in [3.8, 4) is 34.2 Å². The summed E-state index contributed by atoms with van der Waals surface area (Å²) in [6.07, 6.45) is 0.638. The van der Waals surface area contributed by atoms with Gasteiger partial charge in [-0.2, -0.15) is 5.10 Å². The molecule has 0 unspecified atom stereocenters. The molecule has 4 aromatic carbocycles. The van der Waals surface area contributed by atoms with Gasteiger partial charge in [-0.05, 0) is 54.1 Å². The fourth-order valence-corrected chi connectivity index (χ4v) is 4.50. The molecule has 0 bridgehead atoms. The number of nitrogens with zero attached hydrogens (tertiary/aromatic N) is 2. The fraction of sp³-hybridized carbons (Fsp3) is 0.171. The maximum absolute atomic E-state index is 12.9. The second-order valence-corrected chi connectivity index (χ2v) is 9.63. The molecule has 9 heteroatoms. The van der Waals surface area contributed by atoms with E-state index in [1.807, 2.05) is 78.9 Å². The average molecular weight is 593 g/mol. The number of benzene rings is 4. The summed E-state index contributed by atoms with van der Waals surface area (Å²) in [4.78, 5) is 25.7. The first kappa shape index (κ1) is 29.9. The number of carbonyl (C=O) groups is 2. The second-order valence-electron chi connectivity index (χ2n) is 9.63. The summed E-state index contributed by atoms with van der Waals surface area (Å²) in [5, 5.41) is 4.64. The average Bonchev–Trinajstić information content (AvgIpc) is 3.49. The molecule has 0 atom stereocenters. The van der Waals surface area contributed by atoms with Crippen LogP contribution in [0.1, 0.15) is 32.8 Å². The van der Waals surface area contributed by atoms with Crippen LogP contribution in [-0.2, 0) is 16.1 Å². The van der Waals surface area contributed by atoms with Gasteiger partial charge in [-0.25, -0.2) is 14.3 Å². The molecule has 9 nitrogen and oxygen atoms in total. The number of methoxy groups -OCH3 is 2. The van der Waals surface area contributed by atoms with Crippen molar-refractivity contribution in [1.82, 2.24) is 9.78 Å². The zero-order valence-electron chi connectivity index (χ0n) is 24.5. The van der Waals surface area contributed by atoms with Gasteiger partial charge < -0.3 is 23.7 Å². The van der Waals surface area contributed by atoms with Crippen molar-refractivity contribution in [3.63, 3.8) is 0 Å². The van der Waals surface area contributed by atoms with Crippen molar-refractivity contribution in [2.24, 2.45) is 0 Å². The lowest BCUT2D eigenvalue weighted by molar-refractivity contribution is 0.0549. The quantitative estimate of drug-likeness (QED) is 0.112. The maximum Gasteiger partial charge on any atom is 0.357 e. The topological polar surface area (TPSA) is 98.1 Å². The Balaban J connectivity index is 1.22. The van der Waals surface area contributed by atoms with Crippen molar-refractivity contribution in [3.05, 3.63) is 126 Å². The van der Waals surface area contributed by atoms with E-state index in [4.69, 9.17) is 23.7 Å². The van der Waals surface area contributed by atoms with Crippen LogP contribution in [0.2, 0.25) is 0 Å². The minimum atomic E-state index is -0.713. The normalized spacial score (nSPS) is 10.6. The van der Waals surface area contributed by atoms with Crippen LogP contribution in [0.25, 0.3) is 16.9 Å². The molecule has 0 spiro atoms. The fourth-order valence-electron chi connectivity index (χ4n) is 4.50. The van der Waals surface area contributed by atoms with Gasteiger partial charge in [0.2, 0.25) is 0 Å². The van der Waals surface area contributed by atoms with Gasteiger partial charge in [0.05, 0.1) is 33.1 Å². The summed E-state index contributed by atoms with van der Waals surface area (Å²) in [7, 11) is 2.50. The van der Waals surface area contributed by atoms with Gasteiger partial charge in [0.1, 0.15) is 35.1 Å². The monoisotopic (exact) mass is 592 g/mol. The van der Waals surface area contributed by atoms with Gasteiger partial charge in [0, 0.05) is 12.0 Å². The van der Waals surface area contributed by atoms with E-state index in [0.717, 1.165) is 17.1 Å². The summed E-state index contributed by atoms with van der Waals surface area (Å²) in [6.45, 7) is 1.36. The predicted octanol–water partition coefficient (Wildman–Crippen LogP) is 6.54. The Hall–Kier alpha value is -5.57. The van der Waals surface area contributed by atoms with E-state index in [1.165, 1.54) is 18.9 Å². The van der Waals surface area contributed by atoms with Crippen LogP contribution in [0.5, 0.6) is 17.2 Å². The van der Waals surface area contributed by atoms with Gasteiger partial charge in [-0.1, -0.05) is 60.7 Å². The number of hydrogen-bond donors (Lipinski definition) is 0. The number of hydrogen-bond acceptors (Lipinski definition) is 8. The van der Waals surface area contributed by atoms with E-state index < -0.39 is 11.9 Å². The molecule has 0 saturated carbocycles. The first-order valence-electron chi connectivity index (χ1n) is 14.0. The molecule has 0 amide bonds. The van der Waals surface area contributed by atoms with Crippen LogP contribution >= 0.6 is 0 Å². The standard InChI is InChI=1S/C35H32N2O7/c1-40-34(38)31-32(36-37(33(31)35(39)41-2)27-14-7-4-8-15-27)26-13-9-16-30(23-26)43-22-10-21-42-28-17-19-29(20-18-28)44-24-25-11-5-3-6-12-25/h3-9,11-20,23H,10,21-22,24H2,1-2H3. The van der Waals surface area contributed by atoms with E-state index in [9.17, 15) is 9.59 Å². The Morgan fingerprint density at radius 3 is 1.93 bits per heavy atom. The Morgan fingerprint density at radius 1 is 0.659 bits per heavy atom. The zero-order valence-corrected chi connectivity index (χ0v) is 24.5. The van der Waals surface area contributed by atoms with Crippen LogP contribution in [0, 0.1) is 0 Å². The Labute approximate surface area is 255 Å². The Bertz CT molecular complexity index is 1680. The third kappa shape index (κ3) is 7.25. The highest BCUT2D eigenvalue weighted by molar-refractivity contribution is 6.06. The van der Waals surface area contributed by atoms with Crippen LogP contribution in [0.15, 0.2) is 109 Å². The maximum atomic E-state index is 12.9. The molecule has 0 fully saturated rings.